The van der Waals surface area contributed by atoms with Crippen molar-refractivity contribution in [3.8, 4) is 0 Å². The van der Waals surface area contributed by atoms with Crippen molar-refractivity contribution in [3.05, 3.63) is 23.0 Å². The lowest BCUT2D eigenvalue weighted by Gasteiger charge is -2.25. The topological polar surface area (TPSA) is 53.1 Å². The van der Waals surface area contributed by atoms with Crippen LogP contribution in [-0.2, 0) is 0 Å². The summed E-state index contributed by atoms with van der Waals surface area (Å²) in [6.07, 6.45) is 4.51. The fourth-order valence-electron chi connectivity index (χ4n) is 2.17. The van der Waals surface area contributed by atoms with Gasteiger partial charge in [0.25, 0.3) is 0 Å². The molecule has 0 spiro atoms. The Morgan fingerprint density at radius 2 is 2.31 bits per heavy atom. The molecular weight excluding hydrogens is 202 g/mol. The summed E-state index contributed by atoms with van der Waals surface area (Å²) in [6.45, 7) is 4.25. The Bertz CT molecular complexity index is 391. The molecule has 1 aromatic heterocycles. The van der Waals surface area contributed by atoms with Gasteiger partial charge >= 0.3 is 5.97 Å². The van der Waals surface area contributed by atoms with Gasteiger partial charge in [-0.1, -0.05) is 20.3 Å². The predicted octanol–water partition coefficient (Wildman–Crippen LogP) is 3.49. The fraction of sp³-hybridized carbons (Fsp3) is 0.615. The number of carboxylic acids is 1. The molecule has 3 nitrogen and oxygen atoms in total. The van der Waals surface area contributed by atoms with Gasteiger partial charge in [-0.05, 0) is 37.2 Å². The van der Waals surface area contributed by atoms with Crippen molar-refractivity contribution in [2.75, 3.05) is 0 Å². The van der Waals surface area contributed by atoms with Crippen LogP contribution in [0.2, 0.25) is 0 Å². The van der Waals surface area contributed by atoms with E-state index in [1.807, 2.05) is 6.07 Å². The van der Waals surface area contributed by atoms with Gasteiger partial charge in [0.1, 0.15) is 0 Å². The van der Waals surface area contributed by atoms with Crippen LogP contribution >= 0.6 is 0 Å². The van der Waals surface area contributed by atoms with Crippen LogP contribution in [0.15, 0.2) is 6.07 Å². The van der Waals surface area contributed by atoms with Crippen molar-refractivity contribution in [1.82, 2.24) is 4.98 Å². The molecule has 1 aliphatic rings. The summed E-state index contributed by atoms with van der Waals surface area (Å²) < 4.78 is 0. The predicted molar refractivity (Wildman–Crippen MR) is 63.1 cm³/mol. The van der Waals surface area contributed by atoms with E-state index in [9.17, 15) is 9.90 Å². The summed E-state index contributed by atoms with van der Waals surface area (Å²) in [6, 6.07) is 1.82. The third kappa shape index (κ3) is 1.86. The molecule has 0 radical (unpaired) electrons. The third-order valence-corrected chi connectivity index (χ3v) is 3.76. The lowest BCUT2D eigenvalue weighted by molar-refractivity contribution is 0.0694. The highest BCUT2D eigenvalue weighted by atomic mass is 16.4. The zero-order valence-corrected chi connectivity index (χ0v) is 9.92. The minimum absolute atomic E-state index is 0.409. The maximum Gasteiger partial charge on any atom is 0.337 e. The number of H-pyrrole nitrogens is 1. The van der Waals surface area contributed by atoms with Crippen LogP contribution in [0.3, 0.4) is 0 Å². The molecule has 1 fully saturated rings. The minimum atomic E-state index is -0.798. The van der Waals surface area contributed by atoms with Crippen LogP contribution < -0.4 is 0 Å². The molecule has 1 saturated carbocycles. The summed E-state index contributed by atoms with van der Waals surface area (Å²) in [4.78, 5) is 14.5. The Morgan fingerprint density at radius 3 is 2.75 bits per heavy atom. The van der Waals surface area contributed by atoms with E-state index >= 15 is 0 Å². The Labute approximate surface area is 95.9 Å². The molecule has 1 atom stereocenters. The fourth-order valence-corrected chi connectivity index (χ4v) is 2.17. The standard InChI is InChI=1S/C13H19NO2/c1-3-8(2)11-7-10(13(15)16)12(14-11)9-5-4-6-9/h7-9,14H,3-6H2,1-2H3,(H,15,16). The Balaban J connectivity index is 2.33. The number of nitrogens with one attached hydrogen (secondary N) is 1. The van der Waals surface area contributed by atoms with Gasteiger partial charge in [0.15, 0.2) is 0 Å². The number of rotatable bonds is 4. The summed E-state index contributed by atoms with van der Waals surface area (Å²) in [7, 11) is 0. The Kier molecular flexibility index (Phi) is 3.03. The second-order valence-electron chi connectivity index (χ2n) is 4.79. The molecule has 1 heterocycles. The molecule has 0 amide bonds. The van der Waals surface area contributed by atoms with Gasteiger partial charge in [0.05, 0.1) is 5.56 Å². The third-order valence-electron chi connectivity index (χ3n) is 3.76. The normalized spacial score (nSPS) is 18.1. The van der Waals surface area contributed by atoms with E-state index in [-0.39, 0.29) is 0 Å². The van der Waals surface area contributed by atoms with Crippen molar-refractivity contribution < 1.29 is 9.90 Å². The number of hydrogen-bond donors (Lipinski definition) is 2. The van der Waals surface area contributed by atoms with Gasteiger partial charge < -0.3 is 10.1 Å². The van der Waals surface area contributed by atoms with Crippen molar-refractivity contribution in [2.24, 2.45) is 0 Å². The number of hydrogen-bond acceptors (Lipinski definition) is 1. The Hall–Kier alpha value is -1.25. The van der Waals surface area contributed by atoms with E-state index in [4.69, 9.17) is 0 Å². The smallest absolute Gasteiger partial charge is 0.337 e. The van der Waals surface area contributed by atoms with Gasteiger partial charge in [0, 0.05) is 11.4 Å². The van der Waals surface area contributed by atoms with Gasteiger partial charge in [-0.3, -0.25) is 0 Å². The van der Waals surface area contributed by atoms with Crippen LogP contribution in [0, 0.1) is 0 Å². The van der Waals surface area contributed by atoms with Crippen LogP contribution in [0.1, 0.15) is 73.1 Å². The first-order valence-corrected chi connectivity index (χ1v) is 6.09. The minimum Gasteiger partial charge on any atom is -0.478 e. The van der Waals surface area contributed by atoms with Gasteiger partial charge in [0.2, 0.25) is 0 Å². The number of aromatic carboxylic acids is 1. The summed E-state index contributed by atoms with van der Waals surface area (Å²) in [5.74, 6) is 0.0588. The highest BCUT2D eigenvalue weighted by molar-refractivity contribution is 5.89. The average Bonchev–Trinajstić information content (AvgIpc) is 2.58. The highest BCUT2D eigenvalue weighted by Gasteiger charge is 2.27. The molecule has 1 aromatic rings. The molecule has 0 saturated heterocycles. The molecule has 0 aromatic carbocycles. The summed E-state index contributed by atoms with van der Waals surface area (Å²) in [5, 5.41) is 9.18. The first-order valence-electron chi connectivity index (χ1n) is 6.09. The zero-order valence-electron chi connectivity index (χ0n) is 9.92. The van der Waals surface area contributed by atoms with E-state index in [0.29, 0.717) is 17.4 Å². The van der Waals surface area contributed by atoms with Crippen molar-refractivity contribution in [1.29, 1.82) is 0 Å². The molecule has 0 aliphatic heterocycles. The Morgan fingerprint density at radius 1 is 1.62 bits per heavy atom. The van der Waals surface area contributed by atoms with Crippen LogP contribution in [0.25, 0.3) is 0 Å². The van der Waals surface area contributed by atoms with E-state index < -0.39 is 5.97 Å². The molecule has 1 aliphatic carbocycles. The SMILES string of the molecule is CCC(C)c1cc(C(=O)O)c(C2CCC2)[nH]1. The first-order chi connectivity index (χ1) is 7.63. The molecule has 2 rings (SSSR count). The van der Waals surface area contributed by atoms with E-state index in [0.717, 1.165) is 30.7 Å². The van der Waals surface area contributed by atoms with Crippen LogP contribution in [0.5, 0.6) is 0 Å². The quantitative estimate of drug-likeness (QED) is 0.817. The van der Waals surface area contributed by atoms with Crippen LogP contribution in [-0.4, -0.2) is 16.1 Å². The lowest BCUT2D eigenvalue weighted by atomic mass is 9.82. The van der Waals surface area contributed by atoms with Gasteiger partial charge in [-0.25, -0.2) is 4.79 Å². The molecule has 2 N–H and O–H groups in total. The monoisotopic (exact) mass is 221 g/mol. The number of aromatic amines is 1. The number of carbonyl (C=O) groups is 1. The first kappa shape index (κ1) is 11.2. The van der Waals surface area contributed by atoms with E-state index in [1.165, 1.54) is 6.42 Å². The van der Waals surface area contributed by atoms with Crippen molar-refractivity contribution in [3.63, 3.8) is 0 Å². The molecule has 16 heavy (non-hydrogen) atoms. The number of aromatic nitrogens is 1. The summed E-state index contributed by atoms with van der Waals surface area (Å²) in [5.41, 5.74) is 2.51. The van der Waals surface area contributed by atoms with Crippen LogP contribution in [0.4, 0.5) is 0 Å². The van der Waals surface area contributed by atoms with E-state index in [2.05, 4.69) is 18.8 Å². The van der Waals surface area contributed by atoms with Crippen molar-refractivity contribution in [2.45, 2.75) is 51.4 Å². The molecule has 88 valence electrons. The number of carboxylic acid groups (broad SMARTS) is 1. The average molecular weight is 221 g/mol. The second kappa shape index (κ2) is 4.32. The van der Waals surface area contributed by atoms with Crippen molar-refractivity contribution >= 4 is 5.97 Å². The molecule has 3 heteroatoms. The highest BCUT2D eigenvalue weighted by Crippen LogP contribution is 2.38. The van der Waals surface area contributed by atoms with E-state index in [1.54, 1.807) is 0 Å². The maximum absolute atomic E-state index is 11.2. The molecular formula is C13H19NO2. The molecule has 0 bridgehead atoms. The zero-order chi connectivity index (χ0) is 11.7. The summed E-state index contributed by atoms with van der Waals surface area (Å²) >= 11 is 0. The molecule has 1 unspecified atom stereocenters. The van der Waals surface area contributed by atoms with Gasteiger partial charge in [-0.15, -0.1) is 0 Å². The maximum atomic E-state index is 11.2. The largest absolute Gasteiger partial charge is 0.478 e. The lowest BCUT2D eigenvalue weighted by Crippen LogP contribution is -2.13. The second-order valence-corrected chi connectivity index (χ2v) is 4.79. The van der Waals surface area contributed by atoms with Gasteiger partial charge in [-0.2, -0.15) is 0 Å².